The van der Waals surface area contributed by atoms with Crippen molar-refractivity contribution in [2.45, 2.75) is 37.7 Å². The summed E-state index contributed by atoms with van der Waals surface area (Å²) in [5.41, 5.74) is 1.36. The first kappa shape index (κ1) is 22.0. The molecule has 6 heteroatoms. The van der Waals surface area contributed by atoms with Crippen LogP contribution in [0.1, 0.15) is 30.4 Å². The Hall–Kier alpha value is -2.86. The molecule has 2 amide bonds. The van der Waals surface area contributed by atoms with Crippen molar-refractivity contribution in [1.29, 1.82) is 0 Å². The zero-order valence-corrected chi connectivity index (χ0v) is 19.1. The van der Waals surface area contributed by atoms with Gasteiger partial charge in [-0.2, -0.15) is 0 Å². The Labute approximate surface area is 195 Å². The highest BCUT2D eigenvalue weighted by molar-refractivity contribution is 5.84. The van der Waals surface area contributed by atoms with E-state index in [0.717, 1.165) is 25.7 Å². The second-order valence-corrected chi connectivity index (χ2v) is 9.74. The fourth-order valence-electron chi connectivity index (χ4n) is 5.55. The van der Waals surface area contributed by atoms with Crippen LogP contribution in [0.5, 0.6) is 0 Å². The van der Waals surface area contributed by atoms with Gasteiger partial charge >= 0.3 is 6.09 Å². The average molecular weight is 449 g/mol. The van der Waals surface area contributed by atoms with Gasteiger partial charge in [-0.25, -0.2) is 4.79 Å². The number of benzene rings is 2. The highest BCUT2D eigenvalue weighted by atomic mass is 16.6. The Morgan fingerprint density at radius 1 is 0.879 bits per heavy atom. The normalized spacial score (nSPS) is 24.3. The predicted molar refractivity (Wildman–Crippen MR) is 125 cm³/mol. The minimum Gasteiger partial charge on any atom is -0.439 e. The molecule has 3 saturated heterocycles. The molecule has 0 N–H and O–H groups in total. The van der Waals surface area contributed by atoms with E-state index in [9.17, 15) is 9.59 Å². The van der Waals surface area contributed by atoms with Gasteiger partial charge in [-0.05, 0) is 36.8 Å². The summed E-state index contributed by atoms with van der Waals surface area (Å²) in [5.74, 6) is 0.185. The maximum absolute atomic E-state index is 13.9. The molecule has 0 radical (unpaired) electrons. The van der Waals surface area contributed by atoms with Crippen LogP contribution >= 0.6 is 0 Å². The summed E-state index contributed by atoms with van der Waals surface area (Å²) in [4.78, 5) is 30.2. The van der Waals surface area contributed by atoms with Gasteiger partial charge in [0.25, 0.3) is 0 Å². The summed E-state index contributed by atoms with van der Waals surface area (Å²) in [6.07, 6.45) is 3.42. The monoisotopic (exact) mass is 448 g/mol. The molecule has 1 atom stereocenters. The third-order valence-corrected chi connectivity index (χ3v) is 7.45. The molecule has 0 saturated carbocycles. The van der Waals surface area contributed by atoms with Crippen LogP contribution in [-0.2, 0) is 27.1 Å². The minimum absolute atomic E-state index is 0.185. The Kier molecular flexibility index (Phi) is 6.11. The van der Waals surface area contributed by atoms with E-state index in [1.54, 1.807) is 4.90 Å². The number of hydrogen-bond donors (Lipinski definition) is 0. The molecule has 0 aliphatic carbocycles. The second-order valence-electron chi connectivity index (χ2n) is 9.74. The van der Waals surface area contributed by atoms with Crippen LogP contribution in [0.15, 0.2) is 60.7 Å². The maximum Gasteiger partial charge on any atom is 0.410 e. The molecular formula is C27H32N2O4. The van der Waals surface area contributed by atoms with Crippen LogP contribution in [0, 0.1) is 5.41 Å². The van der Waals surface area contributed by atoms with Crippen molar-refractivity contribution < 1.29 is 19.1 Å². The van der Waals surface area contributed by atoms with E-state index in [2.05, 4.69) is 24.3 Å². The zero-order chi connectivity index (χ0) is 22.7. The lowest BCUT2D eigenvalue weighted by molar-refractivity contribution is -0.147. The Bertz CT molecular complexity index is 974. The Morgan fingerprint density at radius 3 is 2.24 bits per heavy atom. The van der Waals surface area contributed by atoms with Gasteiger partial charge in [-0.15, -0.1) is 0 Å². The standard InChI is InChI=1S/C27H32N2O4/c30-24(26(13-17-32-18-14-26)19-23-9-5-2-6-10-23)28-16-12-27(20-28)21-29(25(31)33-27)15-11-22-7-3-1-4-8-22/h1-10H,11-21H2/t27-/m1/s1. The Balaban J connectivity index is 1.25. The molecule has 3 fully saturated rings. The molecule has 2 aromatic rings. The van der Waals surface area contributed by atoms with E-state index in [4.69, 9.17) is 9.47 Å². The second kappa shape index (κ2) is 9.18. The molecular weight excluding hydrogens is 416 g/mol. The highest BCUT2D eigenvalue weighted by Crippen LogP contribution is 2.40. The van der Waals surface area contributed by atoms with E-state index in [-0.39, 0.29) is 12.0 Å². The largest absolute Gasteiger partial charge is 0.439 e. The molecule has 174 valence electrons. The van der Waals surface area contributed by atoms with Gasteiger partial charge in [-0.3, -0.25) is 4.79 Å². The quantitative estimate of drug-likeness (QED) is 0.676. The first-order valence-corrected chi connectivity index (χ1v) is 12.0. The molecule has 0 unspecified atom stereocenters. The molecule has 6 nitrogen and oxygen atoms in total. The minimum atomic E-state index is -0.581. The number of carbonyl (C=O) groups is 2. The van der Waals surface area contributed by atoms with Crippen molar-refractivity contribution in [2.75, 3.05) is 39.4 Å². The van der Waals surface area contributed by atoms with Gasteiger partial charge in [0.15, 0.2) is 5.60 Å². The van der Waals surface area contributed by atoms with Crippen LogP contribution in [0.2, 0.25) is 0 Å². The fraction of sp³-hybridized carbons (Fsp3) is 0.481. The van der Waals surface area contributed by atoms with Gasteiger partial charge in [-0.1, -0.05) is 60.7 Å². The zero-order valence-electron chi connectivity index (χ0n) is 19.1. The van der Waals surface area contributed by atoms with Crippen molar-refractivity contribution in [3.05, 3.63) is 71.8 Å². The smallest absolute Gasteiger partial charge is 0.410 e. The van der Waals surface area contributed by atoms with Gasteiger partial charge in [0.05, 0.1) is 18.5 Å². The summed E-state index contributed by atoms with van der Waals surface area (Å²) in [5, 5.41) is 0. The van der Waals surface area contributed by atoms with Crippen molar-refractivity contribution in [2.24, 2.45) is 5.41 Å². The van der Waals surface area contributed by atoms with Crippen LogP contribution < -0.4 is 0 Å². The number of nitrogens with zero attached hydrogens (tertiary/aromatic N) is 2. The number of ether oxygens (including phenoxy) is 2. The van der Waals surface area contributed by atoms with E-state index in [0.29, 0.717) is 45.8 Å². The predicted octanol–water partition coefficient (Wildman–Crippen LogP) is 3.69. The first-order valence-electron chi connectivity index (χ1n) is 12.0. The third-order valence-electron chi connectivity index (χ3n) is 7.45. The van der Waals surface area contributed by atoms with E-state index < -0.39 is 11.0 Å². The number of amides is 2. The van der Waals surface area contributed by atoms with Crippen molar-refractivity contribution in [3.63, 3.8) is 0 Å². The molecule has 3 aliphatic rings. The van der Waals surface area contributed by atoms with E-state index in [1.807, 2.05) is 41.3 Å². The molecule has 0 bridgehead atoms. The summed E-state index contributed by atoms with van der Waals surface area (Å²) in [6.45, 7) is 3.53. The molecule has 3 heterocycles. The third kappa shape index (κ3) is 4.62. The van der Waals surface area contributed by atoms with Crippen molar-refractivity contribution in [3.8, 4) is 0 Å². The topological polar surface area (TPSA) is 59.1 Å². The Morgan fingerprint density at radius 2 is 1.55 bits per heavy atom. The summed E-state index contributed by atoms with van der Waals surface area (Å²) >= 11 is 0. The SMILES string of the molecule is O=C1O[C@@]2(CCN(C(=O)C3(Cc4ccccc4)CCOCC3)C2)CN1CCc1ccccc1. The van der Waals surface area contributed by atoms with Crippen molar-refractivity contribution in [1.82, 2.24) is 9.80 Å². The van der Waals surface area contributed by atoms with Gasteiger partial charge in [0.2, 0.25) is 5.91 Å². The lowest BCUT2D eigenvalue weighted by atomic mass is 9.74. The van der Waals surface area contributed by atoms with Crippen LogP contribution in [-0.4, -0.2) is 66.8 Å². The summed E-state index contributed by atoms with van der Waals surface area (Å²) < 4.78 is 11.5. The highest BCUT2D eigenvalue weighted by Gasteiger charge is 2.53. The van der Waals surface area contributed by atoms with Gasteiger partial charge < -0.3 is 19.3 Å². The van der Waals surface area contributed by atoms with Gasteiger partial charge in [0, 0.05) is 32.7 Å². The molecule has 5 rings (SSSR count). The number of hydrogen-bond acceptors (Lipinski definition) is 4. The fourth-order valence-corrected chi connectivity index (χ4v) is 5.55. The van der Waals surface area contributed by atoms with Crippen LogP contribution in [0.25, 0.3) is 0 Å². The average Bonchev–Trinajstić information content (AvgIpc) is 3.40. The van der Waals surface area contributed by atoms with Crippen LogP contribution in [0.3, 0.4) is 0 Å². The number of rotatable bonds is 6. The van der Waals surface area contributed by atoms with E-state index in [1.165, 1.54) is 11.1 Å². The van der Waals surface area contributed by atoms with Crippen molar-refractivity contribution >= 4 is 12.0 Å². The van der Waals surface area contributed by atoms with Gasteiger partial charge in [0.1, 0.15) is 0 Å². The molecule has 1 spiro atoms. The lowest BCUT2D eigenvalue weighted by Gasteiger charge is -2.39. The number of carbonyl (C=O) groups excluding carboxylic acids is 2. The lowest BCUT2D eigenvalue weighted by Crippen LogP contribution is -2.49. The summed E-state index contributed by atoms with van der Waals surface area (Å²) in [7, 11) is 0. The van der Waals surface area contributed by atoms with E-state index >= 15 is 0 Å². The maximum atomic E-state index is 13.9. The van der Waals surface area contributed by atoms with Crippen LogP contribution in [0.4, 0.5) is 4.79 Å². The first-order chi connectivity index (χ1) is 16.1. The number of likely N-dealkylation sites (tertiary alicyclic amines) is 1. The molecule has 33 heavy (non-hydrogen) atoms. The summed E-state index contributed by atoms with van der Waals surface area (Å²) in [6, 6.07) is 20.4. The molecule has 0 aromatic heterocycles. The molecule has 3 aliphatic heterocycles. The molecule has 2 aromatic carbocycles.